The summed E-state index contributed by atoms with van der Waals surface area (Å²) in [5.41, 5.74) is 1.91. The van der Waals surface area contributed by atoms with Gasteiger partial charge in [0.25, 0.3) is 0 Å². The SMILES string of the molecule is Cc1noc(C)c1CNC(C(=O)N1CCOCC1)C(C)C. The maximum atomic E-state index is 12.6. The number of hydrogen-bond acceptors (Lipinski definition) is 5. The Morgan fingerprint density at radius 1 is 1.33 bits per heavy atom. The van der Waals surface area contributed by atoms with Crippen LogP contribution in [0, 0.1) is 19.8 Å². The Kier molecular flexibility index (Phi) is 5.36. The number of nitrogens with one attached hydrogen (secondary N) is 1. The van der Waals surface area contributed by atoms with Gasteiger partial charge in [-0.05, 0) is 19.8 Å². The molecule has 1 aliphatic rings. The van der Waals surface area contributed by atoms with Crippen molar-refractivity contribution in [3.05, 3.63) is 17.0 Å². The molecule has 1 aromatic heterocycles. The molecule has 1 fully saturated rings. The van der Waals surface area contributed by atoms with Crippen molar-refractivity contribution in [1.82, 2.24) is 15.4 Å². The number of morpholine rings is 1. The zero-order valence-corrected chi connectivity index (χ0v) is 13.3. The Bertz CT molecular complexity index is 459. The Morgan fingerprint density at radius 2 is 2.00 bits per heavy atom. The summed E-state index contributed by atoms with van der Waals surface area (Å²) >= 11 is 0. The van der Waals surface area contributed by atoms with Crippen LogP contribution in [0.4, 0.5) is 0 Å². The largest absolute Gasteiger partial charge is 0.378 e. The standard InChI is InChI=1S/C15H25N3O3/c1-10(2)14(15(19)18-5-7-20-8-6-18)16-9-13-11(3)17-21-12(13)4/h10,14,16H,5-9H2,1-4H3. The minimum atomic E-state index is -0.197. The monoisotopic (exact) mass is 295 g/mol. The summed E-state index contributed by atoms with van der Waals surface area (Å²) in [4.78, 5) is 14.5. The third-order valence-electron chi connectivity index (χ3n) is 3.94. The summed E-state index contributed by atoms with van der Waals surface area (Å²) in [6.07, 6.45) is 0. The first kappa shape index (κ1) is 16.0. The Labute approximate surface area is 125 Å². The molecule has 0 bridgehead atoms. The topological polar surface area (TPSA) is 67.6 Å². The van der Waals surface area contributed by atoms with Crippen molar-refractivity contribution in [2.45, 2.75) is 40.3 Å². The van der Waals surface area contributed by atoms with Crippen LogP contribution in [0.3, 0.4) is 0 Å². The molecule has 1 aromatic rings. The second-order valence-electron chi connectivity index (χ2n) is 5.84. The van der Waals surface area contributed by atoms with Gasteiger partial charge < -0.3 is 19.5 Å². The fourth-order valence-electron chi connectivity index (χ4n) is 2.55. The molecule has 21 heavy (non-hydrogen) atoms. The van der Waals surface area contributed by atoms with Crippen molar-refractivity contribution in [1.29, 1.82) is 0 Å². The molecule has 0 aromatic carbocycles. The lowest BCUT2D eigenvalue weighted by molar-refractivity contribution is -0.138. The third kappa shape index (κ3) is 3.83. The van der Waals surface area contributed by atoms with Crippen LogP contribution in [-0.4, -0.2) is 48.3 Å². The molecule has 1 saturated heterocycles. The molecular formula is C15H25N3O3. The van der Waals surface area contributed by atoms with E-state index in [1.165, 1.54) is 0 Å². The van der Waals surface area contributed by atoms with Gasteiger partial charge in [0.05, 0.1) is 24.9 Å². The number of hydrogen-bond donors (Lipinski definition) is 1. The fourth-order valence-corrected chi connectivity index (χ4v) is 2.55. The molecule has 6 heteroatoms. The molecule has 1 atom stereocenters. The van der Waals surface area contributed by atoms with Crippen molar-refractivity contribution in [2.24, 2.45) is 5.92 Å². The highest BCUT2D eigenvalue weighted by Gasteiger charge is 2.28. The summed E-state index contributed by atoms with van der Waals surface area (Å²) < 4.78 is 10.5. The summed E-state index contributed by atoms with van der Waals surface area (Å²) in [5, 5.41) is 7.32. The molecule has 0 radical (unpaired) electrons. The number of ether oxygens (including phenoxy) is 1. The Hall–Kier alpha value is -1.40. The smallest absolute Gasteiger partial charge is 0.240 e. The van der Waals surface area contributed by atoms with Crippen LogP contribution in [0.15, 0.2) is 4.52 Å². The molecule has 2 heterocycles. The first-order valence-corrected chi connectivity index (χ1v) is 7.52. The predicted molar refractivity (Wildman–Crippen MR) is 78.8 cm³/mol. The normalized spacial score (nSPS) is 17.3. The van der Waals surface area contributed by atoms with Crippen molar-refractivity contribution in [3.63, 3.8) is 0 Å². The maximum Gasteiger partial charge on any atom is 0.240 e. The molecule has 1 amide bonds. The molecule has 0 aliphatic carbocycles. The summed E-state index contributed by atoms with van der Waals surface area (Å²) in [6.45, 7) is 11.1. The van der Waals surface area contributed by atoms with Crippen LogP contribution in [0.2, 0.25) is 0 Å². The van der Waals surface area contributed by atoms with Crippen molar-refractivity contribution in [2.75, 3.05) is 26.3 Å². The molecular weight excluding hydrogens is 270 g/mol. The number of nitrogens with zero attached hydrogens (tertiary/aromatic N) is 2. The number of aryl methyl sites for hydroxylation is 2. The minimum absolute atomic E-state index is 0.153. The molecule has 6 nitrogen and oxygen atoms in total. The Morgan fingerprint density at radius 3 is 2.52 bits per heavy atom. The van der Waals surface area contributed by atoms with E-state index in [9.17, 15) is 4.79 Å². The van der Waals surface area contributed by atoms with Crippen molar-refractivity contribution in [3.8, 4) is 0 Å². The number of aromatic nitrogens is 1. The van der Waals surface area contributed by atoms with E-state index in [0.717, 1.165) is 17.0 Å². The highest BCUT2D eigenvalue weighted by Crippen LogP contribution is 2.14. The van der Waals surface area contributed by atoms with Gasteiger partial charge in [-0.25, -0.2) is 0 Å². The van der Waals surface area contributed by atoms with Gasteiger partial charge in [-0.1, -0.05) is 19.0 Å². The van der Waals surface area contributed by atoms with Gasteiger partial charge in [0.1, 0.15) is 5.76 Å². The average molecular weight is 295 g/mol. The lowest BCUT2D eigenvalue weighted by Gasteiger charge is -2.32. The average Bonchev–Trinajstić information content (AvgIpc) is 2.79. The van der Waals surface area contributed by atoms with E-state index in [-0.39, 0.29) is 17.9 Å². The van der Waals surface area contributed by atoms with E-state index in [1.807, 2.05) is 18.7 Å². The quantitative estimate of drug-likeness (QED) is 0.886. The van der Waals surface area contributed by atoms with Crippen molar-refractivity contribution < 1.29 is 14.1 Å². The van der Waals surface area contributed by atoms with Gasteiger partial charge in [0.2, 0.25) is 5.91 Å². The summed E-state index contributed by atoms with van der Waals surface area (Å²) in [7, 11) is 0. The number of rotatable bonds is 5. The molecule has 1 N–H and O–H groups in total. The van der Waals surface area contributed by atoms with E-state index in [4.69, 9.17) is 9.26 Å². The lowest BCUT2D eigenvalue weighted by atomic mass is 10.0. The molecule has 0 spiro atoms. The molecule has 0 saturated carbocycles. The second-order valence-corrected chi connectivity index (χ2v) is 5.84. The van der Waals surface area contributed by atoms with E-state index < -0.39 is 0 Å². The lowest BCUT2D eigenvalue weighted by Crippen LogP contribution is -2.52. The first-order valence-electron chi connectivity index (χ1n) is 7.52. The predicted octanol–water partition coefficient (Wildman–Crippen LogP) is 1.26. The zero-order chi connectivity index (χ0) is 15.4. The second kappa shape index (κ2) is 7.04. The van der Waals surface area contributed by atoms with E-state index >= 15 is 0 Å². The Balaban J connectivity index is 2.00. The number of amides is 1. The minimum Gasteiger partial charge on any atom is -0.378 e. The van der Waals surface area contributed by atoms with Crippen LogP contribution < -0.4 is 5.32 Å². The molecule has 1 unspecified atom stereocenters. The third-order valence-corrected chi connectivity index (χ3v) is 3.94. The first-order chi connectivity index (χ1) is 10.0. The molecule has 118 valence electrons. The van der Waals surface area contributed by atoms with Crippen LogP contribution in [0.1, 0.15) is 30.9 Å². The number of carbonyl (C=O) groups excluding carboxylic acids is 1. The van der Waals surface area contributed by atoms with Gasteiger partial charge in [-0.3, -0.25) is 4.79 Å². The van der Waals surface area contributed by atoms with Gasteiger partial charge in [-0.15, -0.1) is 0 Å². The molecule has 2 rings (SSSR count). The van der Waals surface area contributed by atoms with E-state index in [0.29, 0.717) is 32.8 Å². The van der Waals surface area contributed by atoms with E-state index in [1.54, 1.807) is 0 Å². The highest BCUT2D eigenvalue weighted by atomic mass is 16.5. The zero-order valence-electron chi connectivity index (χ0n) is 13.3. The van der Waals surface area contributed by atoms with Gasteiger partial charge in [0, 0.05) is 25.2 Å². The van der Waals surface area contributed by atoms with Crippen LogP contribution in [0.5, 0.6) is 0 Å². The highest BCUT2D eigenvalue weighted by molar-refractivity contribution is 5.82. The van der Waals surface area contributed by atoms with Crippen molar-refractivity contribution >= 4 is 5.91 Å². The van der Waals surface area contributed by atoms with Gasteiger partial charge in [-0.2, -0.15) is 0 Å². The summed E-state index contributed by atoms with van der Waals surface area (Å²) in [5.74, 6) is 1.18. The maximum absolute atomic E-state index is 12.6. The van der Waals surface area contributed by atoms with Gasteiger partial charge in [0.15, 0.2) is 0 Å². The summed E-state index contributed by atoms with van der Waals surface area (Å²) in [6, 6.07) is -0.197. The van der Waals surface area contributed by atoms with Crippen LogP contribution in [0.25, 0.3) is 0 Å². The molecule has 1 aliphatic heterocycles. The fraction of sp³-hybridized carbons (Fsp3) is 0.733. The van der Waals surface area contributed by atoms with E-state index in [2.05, 4.69) is 24.3 Å². The van der Waals surface area contributed by atoms with Crippen LogP contribution in [-0.2, 0) is 16.1 Å². The van der Waals surface area contributed by atoms with Gasteiger partial charge >= 0.3 is 0 Å². The van der Waals surface area contributed by atoms with Crippen LogP contribution >= 0.6 is 0 Å². The number of carbonyl (C=O) groups is 1.